The van der Waals surface area contributed by atoms with Crippen LogP contribution in [-0.2, 0) is 5.41 Å². The molecule has 1 aliphatic carbocycles. The quantitative estimate of drug-likeness (QED) is 0.127. The van der Waals surface area contributed by atoms with E-state index in [-0.39, 0.29) is 5.41 Å². The molecule has 0 atom stereocenters. The van der Waals surface area contributed by atoms with E-state index in [4.69, 9.17) is 0 Å². The molecule has 0 nitrogen and oxygen atoms in total. The van der Waals surface area contributed by atoms with Crippen LogP contribution in [0.25, 0.3) is 98.7 Å². The van der Waals surface area contributed by atoms with Crippen molar-refractivity contribution in [3.05, 3.63) is 205 Å². The molecule has 0 fully saturated rings. The lowest BCUT2D eigenvalue weighted by Gasteiger charge is -2.23. The van der Waals surface area contributed by atoms with Gasteiger partial charge >= 0.3 is 0 Å². The van der Waals surface area contributed by atoms with E-state index in [1.807, 2.05) is 0 Å². The number of hydrogen-bond acceptors (Lipinski definition) is 0. The molecule has 0 amide bonds. The van der Waals surface area contributed by atoms with Gasteiger partial charge in [-0.15, -0.1) is 0 Å². The fourth-order valence-electron chi connectivity index (χ4n) is 9.54. The van der Waals surface area contributed by atoms with E-state index >= 15 is 0 Å². The van der Waals surface area contributed by atoms with Gasteiger partial charge in [-0.25, -0.2) is 0 Å². The minimum atomic E-state index is -0.105. The van der Waals surface area contributed by atoms with Crippen LogP contribution < -0.4 is 0 Å². The van der Waals surface area contributed by atoms with Gasteiger partial charge in [-0.2, -0.15) is 0 Å². The number of fused-ring (bicyclic) bond motifs is 8. The van der Waals surface area contributed by atoms with Gasteiger partial charge in [0.15, 0.2) is 0 Å². The molecule has 0 heterocycles. The molecule has 0 unspecified atom stereocenters. The highest BCUT2D eigenvalue weighted by molar-refractivity contribution is 6.28. The zero-order valence-corrected chi connectivity index (χ0v) is 31.0. The molecule has 55 heavy (non-hydrogen) atoms. The van der Waals surface area contributed by atoms with Crippen molar-refractivity contribution in [1.82, 2.24) is 0 Å². The monoisotopic (exact) mass is 698 g/mol. The zero-order valence-electron chi connectivity index (χ0n) is 31.0. The molecule has 1 aliphatic rings. The summed E-state index contributed by atoms with van der Waals surface area (Å²) in [4.78, 5) is 0. The summed E-state index contributed by atoms with van der Waals surface area (Å²) in [6.07, 6.45) is 0. The third-order valence-corrected chi connectivity index (χ3v) is 12.2. The van der Waals surface area contributed by atoms with Gasteiger partial charge in [0.1, 0.15) is 0 Å². The Balaban J connectivity index is 1.18. The normalized spacial score (nSPS) is 13.1. The van der Waals surface area contributed by atoms with Crippen LogP contribution in [0.3, 0.4) is 0 Å². The molecule has 10 aromatic rings. The lowest BCUT2D eigenvalue weighted by atomic mass is 9.80. The molecule has 0 aliphatic heterocycles. The van der Waals surface area contributed by atoms with Crippen molar-refractivity contribution in [2.24, 2.45) is 0 Å². The topological polar surface area (TPSA) is 0 Å². The summed E-state index contributed by atoms with van der Waals surface area (Å²) in [5, 5.41) is 10.2. The largest absolute Gasteiger partial charge is 0.0622 e. The third kappa shape index (κ3) is 4.85. The van der Waals surface area contributed by atoms with Crippen LogP contribution in [0.5, 0.6) is 0 Å². The Bertz CT molecular complexity index is 3150. The van der Waals surface area contributed by atoms with E-state index in [2.05, 4.69) is 208 Å². The summed E-state index contributed by atoms with van der Waals surface area (Å²) in [5.74, 6) is 0. The first-order chi connectivity index (χ1) is 27.0. The molecule has 0 spiro atoms. The fourth-order valence-corrected chi connectivity index (χ4v) is 9.54. The number of benzene rings is 10. The molecule has 0 N–H and O–H groups in total. The van der Waals surface area contributed by atoms with Crippen molar-refractivity contribution >= 4 is 43.1 Å². The summed E-state index contributed by atoms with van der Waals surface area (Å²) >= 11 is 0. The minimum absolute atomic E-state index is 0.105. The first kappa shape index (κ1) is 31.7. The molecule has 0 saturated carbocycles. The Morgan fingerprint density at radius 2 is 0.836 bits per heavy atom. The standard InChI is InChI=1S/C55H38/c1-55(2)50-34-41(26-28-43(50)49-32-38-20-9-10-21-39(38)33-51(49)55)40-27-29-46(48(31-40)35-15-5-3-6-16-35)54-45-24-14-13-23-44(45)52(37-18-7-4-8-19-37)47-30-25-36-17-11-12-22-42(36)53(47)54/h3-34H,1-2H3. The Labute approximate surface area is 322 Å². The Kier molecular flexibility index (Phi) is 7.00. The maximum absolute atomic E-state index is 2.46. The Morgan fingerprint density at radius 3 is 1.56 bits per heavy atom. The predicted molar refractivity (Wildman–Crippen MR) is 236 cm³/mol. The molecule has 258 valence electrons. The predicted octanol–water partition coefficient (Wildman–Crippen LogP) is 15.3. The van der Waals surface area contributed by atoms with Crippen LogP contribution in [0, 0.1) is 0 Å². The van der Waals surface area contributed by atoms with Gasteiger partial charge in [-0.1, -0.05) is 184 Å². The smallest absolute Gasteiger partial charge is 0.0159 e. The second-order valence-corrected chi connectivity index (χ2v) is 15.6. The van der Waals surface area contributed by atoms with Gasteiger partial charge in [0.25, 0.3) is 0 Å². The van der Waals surface area contributed by atoms with Crippen molar-refractivity contribution in [3.63, 3.8) is 0 Å². The van der Waals surface area contributed by atoms with E-state index < -0.39 is 0 Å². The van der Waals surface area contributed by atoms with Crippen molar-refractivity contribution < 1.29 is 0 Å². The average molecular weight is 699 g/mol. The average Bonchev–Trinajstić information content (AvgIpc) is 3.46. The molecule has 10 aromatic carbocycles. The van der Waals surface area contributed by atoms with Crippen LogP contribution in [0.4, 0.5) is 0 Å². The number of rotatable bonds is 4. The van der Waals surface area contributed by atoms with Gasteiger partial charge in [-0.3, -0.25) is 0 Å². The summed E-state index contributed by atoms with van der Waals surface area (Å²) in [5.41, 5.74) is 15.4. The van der Waals surface area contributed by atoms with E-state index in [1.165, 1.54) is 110 Å². The minimum Gasteiger partial charge on any atom is -0.0622 e. The highest BCUT2D eigenvalue weighted by atomic mass is 14.4. The molecular formula is C55H38. The maximum Gasteiger partial charge on any atom is 0.0159 e. The first-order valence-electron chi connectivity index (χ1n) is 19.3. The second-order valence-electron chi connectivity index (χ2n) is 15.6. The van der Waals surface area contributed by atoms with Crippen LogP contribution in [0.2, 0.25) is 0 Å². The van der Waals surface area contributed by atoms with Gasteiger partial charge < -0.3 is 0 Å². The second kappa shape index (κ2) is 12.1. The van der Waals surface area contributed by atoms with Crippen LogP contribution in [0.15, 0.2) is 194 Å². The van der Waals surface area contributed by atoms with Gasteiger partial charge in [0.2, 0.25) is 0 Å². The van der Waals surface area contributed by atoms with Crippen LogP contribution >= 0.6 is 0 Å². The van der Waals surface area contributed by atoms with Crippen molar-refractivity contribution in [2.75, 3.05) is 0 Å². The van der Waals surface area contributed by atoms with Gasteiger partial charge in [0.05, 0.1) is 0 Å². The number of hydrogen-bond donors (Lipinski definition) is 0. The Hall–Kier alpha value is -6.76. The van der Waals surface area contributed by atoms with E-state index in [1.54, 1.807) is 0 Å². The molecule has 0 bridgehead atoms. The lowest BCUT2D eigenvalue weighted by Crippen LogP contribution is -2.15. The first-order valence-corrected chi connectivity index (χ1v) is 19.3. The van der Waals surface area contributed by atoms with Gasteiger partial charge in [0, 0.05) is 5.41 Å². The van der Waals surface area contributed by atoms with E-state index in [0.717, 1.165) is 0 Å². The molecule has 0 aromatic heterocycles. The highest BCUT2D eigenvalue weighted by Gasteiger charge is 2.36. The van der Waals surface area contributed by atoms with E-state index in [9.17, 15) is 0 Å². The van der Waals surface area contributed by atoms with E-state index in [0.29, 0.717) is 0 Å². The van der Waals surface area contributed by atoms with Gasteiger partial charge in [-0.05, 0) is 134 Å². The lowest BCUT2D eigenvalue weighted by molar-refractivity contribution is 0.661. The SMILES string of the molecule is CC1(C)c2cc(-c3ccc(-c4c5ccccc5c(-c5ccccc5)c5ccc6ccccc6c45)c(-c4ccccc4)c3)ccc2-c2cc3ccccc3cc21. The van der Waals surface area contributed by atoms with Crippen molar-refractivity contribution in [3.8, 4) is 55.6 Å². The van der Waals surface area contributed by atoms with Crippen molar-refractivity contribution in [2.45, 2.75) is 19.3 Å². The Morgan fingerprint density at radius 1 is 0.291 bits per heavy atom. The molecular weight excluding hydrogens is 661 g/mol. The zero-order chi connectivity index (χ0) is 36.7. The summed E-state index contributed by atoms with van der Waals surface area (Å²) in [7, 11) is 0. The maximum atomic E-state index is 2.46. The highest BCUT2D eigenvalue weighted by Crippen LogP contribution is 2.52. The summed E-state index contributed by atoms with van der Waals surface area (Å²) < 4.78 is 0. The molecule has 0 heteroatoms. The van der Waals surface area contributed by atoms with Crippen molar-refractivity contribution in [1.29, 1.82) is 0 Å². The van der Waals surface area contributed by atoms with Crippen LogP contribution in [-0.4, -0.2) is 0 Å². The van der Waals surface area contributed by atoms with Crippen LogP contribution in [0.1, 0.15) is 25.0 Å². The molecule has 11 rings (SSSR count). The fraction of sp³-hybridized carbons (Fsp3) is 0.0545. The third-order valence-electron chi connectivity index (χ3n) is 12.2. The summed E-state index contributed by atoms with van der Waals surface area (Å²) in [6, 6.07) is 72.2. The summed E-state index contributed by atoms with van der Waals surface area (Å²) in [6.45, 7) is 4.77. The molecule has 0 saturated heterocycles. The molecule has 0 radical (unpaired) electrons.